The summed E-state index contributed by atoms with van der Waals surface area (Å²) in [7, 11) is 3.55. The maximum atomic E-state index is 5.23. The van der Waals surface area contributed by atoms with Crippen molar-refractivity contribution in [1.82, 2.24) is 10.2 Å². The minimum atomic E-state index is 0.559. The van der Waals surface area contributed by atoms with E-state index in [1.807, 2.05) is 0 Å². The zero-order valence-electron chi connectivity index (χ0n) is 13.7. The van der Waals surface area contributed by atoms with Gasteiger partial charge in [-0.2, -0.15) is 0 Å². The number of hydrogen-bond donors (Lipinski definition) is 1. The third kappa shape index (κ3) is 7.58. The molecule has 0 aliphatic heterocycles. The first kappa shape index (κ1) is 17.9. The second-order valence-corrected chi connectivity index (χ2v) is 5.97. The number of hydrogen-bond acceptors (Lipinski definition) is 4. The molecule has 1 unspecified atom stereocenters. The van der Waals surface area contributed by atoms with E-state index in [4.69, 9.17) is 9.47 Å². The van der Waals surface area contributed by atoms with Gasteiger partial charge in [0, 0.05) is 52.5 Å². The Hall–Kier alpha value is -0.160. The van der Waals surface area contributed by atoms with E-state index in [2.05, 4.69) is 17.1 Å². The van der Waals surface area contributed by atoms with Gasteiger partial charge in [-0.3, -0.25) is 4.90 Å². The van der Waals surface area contributed by atoms with Gasteiger partial charge in [-0.05, 0) is 26.2 Å². The third-order valence-electron chi connectivity index (χ3n) is 4.31. The van der Waals surface area contributed by atoms with Crippen LogP contribution in [-0.2, 0) is 9.47 Å². The van der Waals surface area contributed by atoms with Gasteiger partial charge in [-0.15, -0.1) is 0 Å². The maximum Gasteiger partial charge on any atom is 0.0589 e. The zero-order valence-corrected chi connectivity index (χ0v) is 13.7. The Labute approximate surface area is 125 Å². The molecule has 1 saturated carbocycles. The van der Waals surface area contributed by atoms with Crippen LogP contribution in [-0.4, -0.2) is 64.1 Å². The van der Waals surface area contributed by atoms with E-state index in [1.165, 1.54) is 32.1 Å². The van der Waals surface area contributed by atoms with Crippen molar-refractivity contribution in [2.45, 2.75) is 57.5 Å². The normalized spacial score (nSPS) is 18.6. The fourth-order valence-electron chi connectivity index (χ4n) is 2.95. The number of ether oxygens (including phenoxy) is 2. The van der Waals surface area contributed by atoms with Crippen LogP contribution in [0, 0.1) is 0 Å². The minimum Gasteiger partial charge on any atom is -0.385 e. The van der Waals surface area contributed by atoms with Crippen LogP contribution in [0.25, 0.3) is 0 Å². The molecule has 0 bridgehead atoms. The summed E-state index contributed by atoms with van der Waals surface area (Å²) in [5.74, 6) is 0. The fourth-order valence-corrected chi connectivity index (χ4v) is 2.95. The molecule has 0 heterocycles. The summed E-state index contributed by atoms with van der Waals surface area (Å²) in [5, 5.41) is 3.75. The van der Waals surface area contributed by atoms with Crippen LogP contribution in [0.5, 0.6) is 0 Å². The standard InChI is InChI=1S/C16H34N2O2/c1-15(14-17-16-8-5-4-6-9-16)18(11-13-20-3)10-7-12-19-2/h15-17H,4-14H2,1-3H3. The van der Waals surface area contributed by atoms with Gasteiger partial charge in [0.05, 0.1) is 6.61 Å². The van der Waals surface area contributed by atoms with E-state index in [0.717, 1.165) is 45.3 Å². The highest BCUT2D eigenvalue weighted by molar-refractivity contribution is 4.76. The van der Waals surface area contributed by atoms with Gasteiger partial charge in [0.1, 0.15) is 0 Å². The molecule has 0 aromatic heterocycles. The molecule has 0 saturated heterocycles. The zero-order chi connectivity index (χ0) is 14.6. The Morgan fingerprint density at radius 2 is 1.75 bits per heavy atom. The second kappa shape index (κ2) is 11.5. The fraction of sp³-hybridized carbons (Fsp3) is 1.00. The van der Waals surface area contributed by atoms with Gasteiger partial charge in [0.15, 0.2) is 0 Å². The van der Waals surface area contributed by atoms with Crippen LogP contribution in [0.4, 0.5) is 0 Å². The molecule has 1 aliphatic carbocycles. The van der Waals surface area contributed by atoms with E-state index in [1.54, 1.807) is 14.2 Å². The average Bonchev–Trinajstić information content (AvgIpc) is 2.49. The minimum absolute atomic E-state index is 0.559. The van der Waals surface area contributed by atoms with Crippen LogP contribution < -0.4 is 5.32 Å². The predicted octanol–water partition coefficient (Wildman–Crippen LogP) is 2.28. The summed E-state index contributed by atoms with van der Waals surface area (Å²) >= 11 is 0. The van der Waals surface area contributed by atoms with E-state index in [9.17, 15) is 0 Å². The van der Waals surface area contributed by atoms with E-state index >= 15 is 0 Å². The van der Waals surface area contributed by atoms with Crippen molar-refractivity contribution in [3.63, 3.8) is 0 Å². The van der Waals surface area contributed by atoms with Crippen molar-refractivity contribution < 1.29 is 9.47 Å². The van der Waals surface area contributed by atoms with Gasteiger partial charge >= 0.3 is 0 Å². The van der Waals surface area contributed by atoms with Gasteiger partial charge in [0.2, 0.25) is 0 Å². The van der Waals surface area contributed by atoms with Crippen molar-refractivity contribution in [2.24, 2.45) is 0 Å². The lowest BCUT2D eigenvalue weighted by Gasteiger charge is -2.31. The summed E-state index contributed by atoms with van der Waals surface area (Å²) in [6.45, 7) is 7.14. The molecule has 0 aromatic rings. The van der Waals surface area contributed by atoms with Crippen LogP contribution in [0.3, 0.4) is 0 Å². The van der Waals surface area contributed by atoms with Crippen LogP contribution in [0.2, 0.25) is 0 Å². The van der Waals surface area contributed by atoms with Crippen molar-refractivity contribution in [3.05, 3.63) is 0 Å². The van der Waals surface area contributed by atoms with Crippen molar-refractivity contribution in [2.75, 3.05) is 47.1 Å². The summed E-state index contributed by atoms with van der Waals surface area (Å²) in [6.07, 6.45) is 8.02. The summed E-state index contributed by atoms with van der Waals surface area (Å²) in [6, 6.07) is 1.30. The molecular weight excluding hydrogens is 252 g/mol. The largest absolute Gasteiger partial charge is 0.385 e. The molecule has 20 heavy (non-hydrogen) atoms. The lowest BCUT2D eigenvalue weighted by atomic mass is 9.95. The highest BCUT2D eigenvalue weighted by Gasteiger charge is 2.17. The number of nitrogens with one attached hydrogen (secondary N) is 1. The predicted molar refractivity (Wildman–Crippen MR) is 84.3 cm³/mol. The summed E-state index contributed by atoms with van der Waals surface area (Å²) in [5.41, 5.74) is 0. The van der Waals surface area contributed by atoms with Crippen LogP contribution in [0.1, 0.15) is 45.4 Å². The van der Waals surface area contributed by atoms with Crippen LogP contribution >= 0.6 is 0 Å². The molecule has 1 atom stereocenters. The average molecular weight is 286 g/mol. The molecule has 4 heteroatoms. The Bertz CT molecular complexity index is 221. The first-order valence-corrected chi connectivity index (χ1v) is 8.23. The van der Waals surface area contributed by atoms with E-state index in [-0.39, 0.29) is 0 Å². The second-order valence-electron chi connectivity index (χ2n) is 5.97. The summed E-state index contributed by atoms with van der Waals surface area (Å²) < 4.78 is 10.4. The highest BCUT2D eigenvalue weighted by atomic mass is 16.5. The topological polar surface area (TPSA) is 33.7 Å². The molecular formula is C16H34N2O2. The lowest BCUT2D eigenvalue weighted by Crippen LogP contribution is -2.45. The third-order valence-corrected chi connectivity index (χ3v) is 4.31. The molecule has 0 spiro atoms. The number of methoxy groups -OCH3 is 2. The molecule has 120 valence electrons. The molecule has 1 rings (SSSR count). The first-order valence-electron chi connectivity index (χ1n) is 8.23. The molecule has 1 aliphatic rings. The molecule has 0 aromatic carbocycles. The molecule has 1 fully saturated rings. The SMILES string of the molecule is COCCCN(CCOC)C(C)CNC1CCCCC1. The van der Waals surface area contributed by atoms with Crippen LogP contribution in [0.15, 0.2) is 0 Å². The number of rotatable bonds is 11. The quantitative estimate of drug-likeness (QED) is 0.591. The van der Waals surface area contributed by atoms with Gasteiger partial charge in [0.25, 0.3) is 0 Å². The van der Waals surface area contributed by atoms with Gasteiger partial charge in [-0.1, -0.05) is 19.3 Å². The van der Waals surface area contributed by atoms with Crippen molar-refractivity contribution in [1.29, 1.82) is 0 Å². The highest BCUT2D eigenvalue weighted by Crippen LogP contribution is 2.17. The Morgan fingerprint density at radius 1 is 1.05 bits per heavy atom. The molecule has 1 N–H and O–H groups in total. The molecule has 4 nitrogen and oxygen atoms in total. The Balaban J connectivity index is 2.26. The number of nitrogens with zero attached hydrogens (tertiary/aromatic N) is 1. The van der Waals surface area contributed by atoms with E-state index in [0.29, 0.717) is 6.04 Å². The van der Waals surface area contributed by atoms with Gasteiger partial charge in [-0.25, -0.2) is 0 Å². The lowest BCUT2D eigenvalue weighted by molar-refractivity contribution is 0.109. The summed E-state index contributed by atoms with van der Waals surface area (Å²) in [4.78, 5) is 2.51. The van der Waals surface area contributed by atoms with Crippen molar-refractivity contribution >= 4 is 0 Å². The Morgan fingerprint density at radius 3 is 2.40 bits per heavy atom. The Kier molecular flexibility index (Phi) is 10.3. The van der Waals surface area contributed by atoms with E-state index < -0.39 is 0 Å². The molecule has 0 radical (unpaired) electrons. The first-order chi connectivity index (χ1) is 9.77. The monoisotopic (exact) mass is 286 g/mol. The van der Waals surface area contributed by atoms with Gasteiger partial charge < -0.3 is 14.8 Å². The van der Waals surface area contributed by atoms with Crippen molar-refractivity contribution in [3.8, 4) is 0 Å². The smallest absolute Gasteiger partial charge is 0.0589 e. The molecule has 0 amide bonds. The maximum absolute atomic E-state index is 5.23.